The third-order valence-corrected chi connectivity index (χ3v) is 3.12. The van der Waals surface area contributed by atoms with E-state index in [1.165, 1.54) is 0 Å². The van der Waals surface area contributed by atoms with Gasteiger partial charge in [-0.2, -0.15) is 5.10 Å². The second-order valence-corrected chi connectivity index (χ2v) is 4.44. The zero-order valence-electron chi connectivity index (χ0n) is 10.8. The molecule has 19 heavy (non-hydrogen) atoms. The van der Waals surface area contributed by atoms with E-state index in [1.807, 2.05) is 24.4 Å². The third-order valence-electron chi connectivity index (χ3n) is 2.77. The lowest BCUT2D eigenvalue weighted by atomic mass is 10.2. The molecule has 0 aliphatic heterocycles. The van der Waals surface area contributed by atoms with Crippen LogP contribution in [0.4, 0.5) is 0 Å². The molecule has 0 radical (unpaired) electrons. The molecule has 1 N–H and O–H groups in total. The summed E-state index contributed by atoms with van der Waals surface area (Å²) in [5, 5.41) is 8.14. The Morgan fingerprint density at radius 2 is 2.32 bits per heavy atom. The zero-order valence-corrected chi connectivity index (χ0v) is 11.5. The largest absolute Gasteiger partial charge is 0.496 e. The molecule has 0 saturated carbocycles. The van der Waals surface area contributed by atoms with Gasteiger partial charge >= 0.3 is 0 Å². The average Bonchev–Trinajstić information content (AvgIpc) is 2.88. The molecule has 0 atom stereocenters. The van der Waals surface area contributed by atoms with Gasteiger partial charge in [-0.05, 0) is 12.1 Å². The lowest BCUT2D eigenvalue weighted by molar-refractivity contribution is 0.407. The van der Waals surface area contributed by atoms with Gasteiger partial charge in [0.15, 0.2) is 0 Å². The number of rotatable bonds is 6. The summed E-state index contributed by atoms with van der Waals surface area (Å²) in [6, 6.07) is 5.63. The van der Waals surface area contributed by atoms with Crippen LogP contribution in [-0.2, 0) is 13.1 Å². The maximum Gasteiger partial charge on any atom is 0.124 e. The standard InChI is InChI=1S/C14H16ClN3O/c1-3-18-10-11(8-17-18)7-16-9-12-13(15)5-4-6-14(12)19-2/h3-6,8,10,16H,1,7,9H2,2H3. The molecule has 0 amide bonds. The number of aromatic nitrogens is 2. The molecule has 0 spiro atoms. The summed E-state index contributed by atoms with van der Waals surface area (Å²) in [5.74, 6) is 0.793. The smallest absolute Gasteiger partial charge is 0.124 e. The van der Waals surface area contributed by atoms with Crippen LogP contribution in [0, 0.1) is 0 Å². The molecule has 0 aliphatic carbocycles. The maximum absolute atomic E-state index is 6.17. The van der Waals surface area contributed by atoms with E-state index in [-0.39, 0.29) is 0 Å². The molecular weight excluding hydrogens is 262 g/mol. The fourth-order valence-electron chi connectivity index (χ4n) is 1.80. The van der Waals surface area contributed by atoms with Gasteiger partial charge in [0.05, 0.1) is 13.3 Å². The van der Waals surface area contributed by atoms with E-state index >= 15 is 0 Å². The first-order chi connectivity index (χ1) is 9.24. The van der Waals surface area contributed by atoms with Gasteiger partial charge in [0.2, 0.25) is 0 Å². The molecular formula is C14H16ClN3O. The number of nitrogens with one attached hydrogen (secondary N) is 1. The van der Waals surface area contributed by atoms with Crippen molar-refractivity contribution in [2.24, 2.45) is 0 Å². The quantitative estimate of drug-likeness (QED) is 0.882. The van der Waals surface area contributed by atoms with Crippen molar-refractivity contribution in [2.45, 2.75) is 13.1 Å². The van der Waals surface area contributed by atoms with E-state index in [0.29, 0.717) is 18.1 Å². The first-order valence-electron chi connectivity index (χ1n) is 5.92. The second kappa shape index (κ2) is 6.41. The van der Waals surface area contributed by atoms with Gasteiger partial charge in [0.25, 0.3) is 0 Å². The van der Waals surface area contributed by atoms with E-state index in [0.717, 1.165) is 16.9 Å². The molecule has 1 aromatic heterocycles. The van der Waals surface area contributed by atoms with Crippen molar-refractivity contribution in [3.63, 3.8) is 0 Å². The summed E-state index contributed by atoms with van der Waals surface area (Å²) >= 11 is 6.17. The predicted molar refractivity (Wildman–Crippen MR) is 77.2 cm³/mol. The van der Waals surface area contributed by atoms with E-state index in [2.05, 4.69) is 17.0 Å². The Morgan fingerprint density at radius 3 is 3.00 bits per heavy atom. The fourth-order valence-corrected chi connectivity index (χ4v) is 2.03. The topological polar surface area (TPSA) is 39.1 Å². The summed E-state index contributed by atoms with van der Waals surface area (Å²) in [4.78, 5) is 0. The second-order valence-electron chi connectivity index (χ2n) is 4.04. The minimum atomic E-state index is 0.641. The molecule has 100 valence electrons. The van der Waals surface area contributed by atoms with Crippen LogP contribution in [0.5, 0.6) is 5.75 Å². The van der Waals surface area contributed by atoms with Crippen molar-refractivity contribution in [2.75, 3.05) is 7.11 Å². The highest BCUT2D eigenvalue weighted by Gasteiger charge is 2.07. The molecule has 1 heterocycles. The minimum absolute atomic E-state index is 0.641. The molecule has 2 aromatic rings. The van der Waals surface area contributed by atoms with Crippen molar-refractivity contribution in [1.29, 1.82) is 0 Å². The molecule has 0 fully saturated rings. The number of hydrogen-bond acceptors (Lipinski definition) is 3. The van der Waals surface area contributed by atoms with Crippen molar-refractivity contribution in [3.05, 3.63) is 53.3 Å². The van der Waals surface area contributed by atoms with Gasteiger partial charge < -0.3 is 10.1 Å². The van der Waals surface area contributed by atoms with Crippen LogP contribution in [0.3, 0.4) is 0 Å². The Morgan fingerprint density at radius 1 is 1.47 bits per heavy atom. The van der Waals surface area contributed by atoms with Crippen molar-refractivity contribution >= 4 is 17.8 Å². The van der Waals surface area contributed by atoms with E-state index < -0.39 is 0 Å². The minimum Gasteiger partial charge on any atom is -0.496 e. The van der Waals surface area contributed by atoms with Gasteiger partial charge in [-0.1, -0.05) is 24.2 Å². The Kier molecular flexibility index (Phi) is 4.60. The molecule has 0 saturated heterocycles. The normalized spacial score (nSPS) is 10.4. The summed E-state index contributed by atoms with van der Waals surface area (Å²) in [7, 11) is 1.64. The molecule has 2 rings (SSSR count). The summed E-state index contributed by atoms with van der Waals surface area (Å²) in [5.41, 5.74) is 2.05. The number of halogens is 1. The highest BCUT2D eigenvalue weighted by molar-refractivity contribution is 6.31. The monoisotopic (exact) mass is 277 g/mol. The number of hydrogen-bond donors (Lipinski definition) is 1. The Bertz CT molecular complexity index is 566. The lowest BCUT2D eigenvalue weighted by Gasteiger charge is -2.10. The Hall–Kier alpha value is -1.78. The van der Waals surface area contributed by atoms with E-state index in [1.54, 1.807) is 24.2 Å². The molecule has 0 aliphatic rings. The van der Waals surface area contributed by atoms with Crippen LogP contribution in [0.2, 0.25) is 5.02 Å². The number of benzene rings is 1. The maximum atomic E-state index is 6.17. The summed E-state index contributed by atoms with van der Waals surface area (Å²) in [6.45, 7) is 5.00. The molecule has 0 unspecified atom stereocenters. The highest BCUT2D eigenvalue weighted by atomic mass is 35.5. The average molecular weight is 278 g/mol. The highest BCUT2D eigenvalue weighted by Crippen LogP contribution is 2.25. The zero-order chi connectivity index (χ0) is 13.7. The van der Waals surface area contributed by atoms with Crippen LogP contribution in [0.15, 0.2) is 37.2 Å². The van der Waals surface area contributed by atoms with Gasteiger partial charge in [-0.15, -0.1) is 0 Å². The first-order valence-corrected chi connectivity index (χ1v) is 6.30. The van der Waals surface area contributed by atoms with E-state index in [9.17, 15) is 0 Å². The Balaban J connectivity index is 1.97. The van der Waals surface area contributed by atoms with Crippen LogP contribution < -0.4 is 10.1 Å². The molecule has 0 bridgehead atoms. The van der Waals surface area contributed by atoms with Gasteiger partial charge in [-0.3, -0.25) is 0 Å². The summed E-state index contributed by atoms with van der Waals surface area (Å²) in [6.07, 6.45) is 5.38. The van der Waals surface area contributed by atoms with Crippen molar-refractivity contribution in [3.8, 4) is 5.75 Å². The predicted octanol–water partition coefficient (Wildman–Crippen LogP) is 2.94. The first kappa shape index (κ1) is 13.6. The molecule has 4 nitrogen and oxygen atoms in total. The number of nitrogens with zero attached hydrogens (tertiary/aromatic N) is 2. The van der Waals surface area contributed by atoms with Crippen LogP contribution >= 0.6 is 11.6 Å². The fraction of sp³-hybridized carbons (Fsp3) is 0.214. The van der Waals surface area contributed by atoms with E-state index in [4.69, 9.17) is 16.3 Å². The van der Waals surface area contributed by atoms with Crippen LogP contribution in [-0.4, -0.2) is 16.9 Å². The van der Waals surface area contributed by atoms with Gasteiger partial charge in [-0.25, -0.2) is 4.68 Å². The third kappa shape index (κ3) is 3.36. The summed E-state index contributed by atoms with van der Waals surface area (Å²) < 4.78 is 6.97. The molecule has 1 aromatic carbocycles. The SMILES string of the molecule is C=Cn1cc(CNCc2c(Cl)cccc2OC)cn1. The van der Waals surface area contributed by atoms with Crippen LogP contribution in [0.25, 0.3) is 6.20 Å². The van der Waals surface area contributed by atoms with Gasteiger partial charge in [0, 0.05) is 41.6 Å². The van der Waals surface area contributed by atoms with Crippen LogP contribution in [0.1, 0.15) is 11.1 Å². The van der Waals surface area contributed by atoms with Gasteiger partial charge in [0.1, 0.15) is 5.75 Å². The number of ether oxygens (including phenoxy) is 1. The van der Waals surface area contributed by atoms with Crippen molar-refractivity contribution < 1.29 is 4.74 Å². The molecule has 5 heteroatoms. The number of methoxy groups -OCH3 is 1. The lowest BCUT2D eigenvalue weighted by Crippen LogP contribution is -2.13. The Labute approximate surface area is 117 Å². The van der Waals surface area contributed by atoms with Crippen molar-refractivity contribution in [1.82, 2.24) is 15.1 Å².